The van der Waals surface area contributed by atoms with Crippen molar-refractivity contribution in [1.29, 1.82) is 0 Å². The van der Waals surface area contributed by atoms with Crippen molar-refractivity contribution in [2.24, 2.45) is 0 Å². The van der Waals surface area contributed by atoms with E-state index in [9.17, 15) is 4.79 Å². The highest BCUT2D eigenvalue weighted by molar-refractivity contribution is 6.00. The van der Waals surface area contributed by atoms with Crippen molar-refractivity contribution in [1.82, 2.24) is 19.9 Å². The van der Waals surface area contributed by atoms with Crippen LogP contribution in [0.4, 0.5) is 0 Å². The number of benzene rings is 3. The molecule has 0 unspecified atom stereocenters. The molecule has 2 heterocycles. The van der Waals surface area contributed by atoms with E-state index in [-0.39, 0.29) is 5.91 Å². The Hall–Kier alpha value is -4.25. The summed E-state index contributed by atoms with van der Waals surface area (Å²) >= 11 is 0. The third kappa shape index (κ3) is 3.81. The number of carbonyl (C=O) groups excluding carboxylic acids is 1. The molecule has 5 heteroatoms. The summed E-state index contributed by atoms with van der Waals surface area (Å²) < 4.78 is 1.74. The first-order valence-electron chi connectivity index (χ1n) is 10.1. The van der Waals surface area contributed by atoms with E-state index in [0.717, 1.165) is 28.1 Å². The number of hydrogen-bond donors (Lipinski definition) is 1. The zero-order valence-corrected chi connectivity index (χ0v) is 16.8. The Balaban J connectivity index is 1.59. The van der Waals surface area contributed by atoms with Crippen LogP contribution in [0.5, 0.6) is 0 Å². The molecule has 0 atom stereocenters. The Morgan fingerprint density at radius 3 is 2.10 bits per heavy atom. The number of hydrogen-bond acceptors (Lipinski definition) is 3. The van der Waals surface area contributed by atoms with Gasteiger partial charge in [0.2, 0.25) is 0 Å². The second kappa shape index (κ2) is 8.24. The molecule has 0 saturated carbocycles. The Morgan fingerprint density at radius 2 is 1.42 bits per heavy atom. The van der Waals surface area contributed by atoms with E-state index in [1.165, 1.54) is 0 Å². The van der Waals surface area contributed by atoms with E-state index in [1.807, 2.05) is 97.1 Å². The topological polar surface area (TPSA) is 59.3 Å². The average Bonchev–Trinajstić information content (AvgIpc) is 3.28. The van der Waals surface area contributed by atoms with Crippen LogP contribution in [0.1, 0.15) is 15.9 Å². The molecular weight excluding hydrogens is 384 g/mol. The van der Waals surface area contributed by atoms with Gasteiger partial charge in [-0.1, -0.05) is 91.0 Å². The minimum absolute atomic E-state index is 0.199. The van der Waals surface area contributed by atoms with E-state index in [0.29, 0.717) is 17.8 Å². The van der Waals surface area contributed by atoms with Crippen molar-refractivity contribution >= 4 is 11.6 Å². The molecule has 0 fully saturated rings. The van der Waals surface area contributed by atoms with Gasteiger partial charge in [0.05, 0.1) is 17.6 Å². The Kier molecular flexibility index (Phi) is 4.99. The lowest BCUT2D eigenvalue weighted by Gasteiger charge is -2.10. The van der Waals surface area contributed by atoms with Gasteiger partial charge in [-0.3, -0.25) is 4.79 Å². The fraction of sp³-hybridized carbons (Fsp3) is 0.0385. The molecular formula is C26H20N4O. The van der Waals surface area contributed by atoms with E-state index in [1.54, 1.807) is 10.7 Å². The molecule has 5 aromatic rings. The van der Waals surface area contributed by atoms with E-state index < -0.39 is 0 Å². The maximum Gasteiger partial charge on any atom is 0.257 e. The standard InChI is InChI=1S/C26H20N4O/c31-26(27-17-19-10-4-1-5-11-19)22-18-28-30-24(21-14-8-3-9-15-21)16-23(29-25(22)30)20-12-6-2-7-13-20/h1-16,18H,17H2,(H,27,31). The quantitative estimate of drug-likeness (QED) is 0.449. The summed E-state index contributed by atoms with van der Waals surface area (Å²) in [5.74, 6) is -0.199. The molecule has 0 saturated heterocycles. The highest BCUT2D eigenvalue weighted by Gasteiger charge is 2.18. The summed E-state index contributed by atoms with van der Waals surface area (Å²) in [5, 5.41) is 7.48. The van der Waals surface area contributed by atoms with Gasteiger partial charge in [0, 0.05) is 17.7 Å². The number of nitrogens with one attached hydrogen (secondary N) is 1. The van der Waals surface area contributed by atoms with Gasteiger partial charge in [-0.2, -0.15) is 5.10 Å². The summed E-state index contributed by atoms with van der Waals surface area (Å²) in [4.78, 5) is 17.8. The molecule has 0 aliphatic carbocycles. The van der Waals surface area contributed by atoms with Gasteiger partial charge >= 0.3 is 0 Å². The number of aromatic nitrogens is 3. The normalized spacial score (nSPS) is 10.8. The predicted molar refractivity (Wildman–Crippen MR) is 121 cm³/mol. The predicted octanol–water partition coefficient (Wildman–Crippen LogP) is 4.99. The van der Waals surface area contributed by atoms with Crippen molar-refractivity contribution in [2.45, 2.75) is 6.54 Å². The molecule has 0 spiro atoms. The average molecular weight is 404 g/mol. The van der Waals surface area contributed by atoms with Crippen molar-refractivity contribution < 1.29 is 4.79 Å². The van der Waals surface area contributed by atoms with Crippen LogP contribution in [0, 0.1) is 0 Å². The maximum absolute atomic E-state index is 13.0. The molecule has 1 N–H and O–H groups in total. The van der Waals surface area contributed by atoms with Gasteiger partial charge in [0.25, 0.3) is 5.91 Å². The molecule has 5 rings (SSSR count). The zero-order chi connectivity index (χ0) is 21.0. The second-order valence-electron chi connectivity index (χ2n) is 7.22. The lowest BCUT2D eigenvalue weighted by Crippen LogP contribution is -2.22. The molecule has 3 aromatic carbocycles. The molecule has 31 heavy (non-hydrogen) atoms. The van der Waals surface area contributed by atoms with Crippen LogP contribution in [0.2, 0.25) is 0 Å². The molecule has 0 bridgehead atoms. The minimum Gasteiger partial charge on any atom is -0.348 e. The third-order valence-electron chi connectivity index (χ3n) is 5.15. The first-order chi connectivity index (χ1) is 15.3. The minimum atomic E-state index is -0.199. The van der Waals surface area contributed by atoms with Crippen LogP contribution in [0.25, 0.3) is 28.2 Å². The highest BCUT2D eigenvalue weighted by Crippen LogP contribution is 2.27. The molecule has 150 valence electrons. The van der Waals surface area contributed by atoms with Crippen molar-refractivity contribution in [3.8, 4) is 22.5 Å². The monoisotopic (exact) mass is 404 g/mol. The number of carbonyl (C=O) groups is 1. The number of rotatable bonds is 5. The largest absolute Gasteiger partial charge is 0.348 e. The van der Waals surface area contributed by atoms with Gasteiger partial charge in [0.15, 0.2) is 5.65 Å². The zero-order valence-electron chi connectivity index (χ0n) is 16.8. The van der Waals surface area contributed by atoms with Crippen LogP contribution in [-0.2, 0) is 6.54 Å². The van der Waals surface area contributed by atoms with Gasteiger partial charge < -0.3 is 5.32 Å². The van der Waals surface area contributed by atoms with E-state index >= 15 is 0 Å². The third-order valence-corrected chi connectivity index (χ3v) is 5.15. The van der Waals surface area contributed by atoms with Crippen LogP contribution >= 0.6 is 0 Å². The fourth-order valence-corrected chi connectivity index (χ4v) is 3.57. The molecule has 2 aromatic heterocycles. The molecule has 0 aliphatic heterocycles. The summed E-state index contributed by atoms with van der Waals surface area (Å²) in [5.41, 5.74) is 5.69. The van der Waals surface area contributed by atoms with Crippen LogP contribution < -0.4 is 5.32 Å². The molecule has 0 radical (unpaired) electrons. The van der Waals surface area contributed by atoms with Crippen molar-refractivity contribution in [2.75, 3.05) is 0 Å². The highest BCUT2D eigenvalue weighted by atomic mass is 16.1. The number of amides is 1. The Labute approximate surface area is 180 Å². The van der Waals surface area contributed by atoms with Gasteiger partial charge in [-0.15, -0.1) is 0 Å². The van der Waals surface area contributed by atoms with Crippen molar-refractivity contribution in [3.63, 3.8) is 0 Å². The van der Waals surface area contributed by atoms with E-state index in [2.05, 4.69) is 10.4 Å². The Morgan fingerprint density at radius 1 is 0.806 bits per heavy atom. The van der Waals surface area contributed by atoms with Gasteiger partial charge in [0.1, 0.15) is 5.56 Å². The van der Waals surface area contributed by atoms with E-state index in [4.69, 9.17) is 4.98 Å². The summed E-state index contributed by atoms with van der Waals surface area (Å²) in [6.45, 7) is 0.445. The summed E-state index contributed by atoms with van der Waals surface area (Å²) in [7, 11) is 0. The molecule has 1 amide bonds. The second-order valence-corrected chi connectivity index (χ2v) is 7.22. The van der Waals surface area contributed by atoms with Crippen LogP contribution in [-0.4, -0.2) is 20.5 Å². The summed E-state index contributed by atoms with van der Waals surface area (Å²) in [6.07, 6.45) is 1.59. The van der Waals surface area contributed by atoms with Gasteiger partial charge in [-0.25, -0.2) is 9.50 Å². The first-order valence-corrected chi connectivity index (χ1v) is 10.1. The maximum atomic E-state index is 13.0. The SMILES string of the molecule is O=C(NCc1ccccc1)c1cnn2c(-c3ccccc3)cc(-c3ccccc3)nc12. The smallest absolute Gasteiger partial charge is 0.257 e. The fourth-order valence-electron chi connectivity index (χ4n) is 3.57. The van der Waals surface area contributed by atoms with Crippen molar-refractivity contribution in [3.05, 3.63) is 114 Å². The molecule has 0 aliphatic rings. The van der Waals surface area contributed by atoms with Crippen LogP contribution in [0.15, 0.2) is 103 Å². The number of nitrogens with zero attached hydrogens (tertiary/aromatic N) is 3. The number of fused-ring (bicyclic) bond motifs is 1. The lowest BCUT2D eigenvalue weighted by molar-refractivity contribution is 0.0952. The van der Waals surface area contributed by atoms with Crippen LogP contribution in [0.3, 0.4) is 0 Å². The lowest BCUT2D eigenvalue weighted by atomic mass is 10.1. The van der Waals surface area contributed by atoms with Gasteiger partial charge in [-0.05, 0) is 11.6 Å². The Bertz CT molecular complexity index is 1330. The molecule has 5 nitrogen and oxygen atoms in total. The first kappa shape index (κ1) is 18.8. The summed E-state index contributed by atoms with van der Waals surface area (Å²) in [6, 6.07) is 31.8.